The van der Waals surface area contributed by atoms with Crippen LogP contribution in [0, 0.1) is 12.3 Å². The SMILES string of the molecule is C=CCC1(CO)CCCN(C(=O)Cc2ccccc2C)C1. The van der Waals surface area contributed by atoms with Crippen LogP contribution in [0.25, 0.3) is 0 Å². The maximum atomic E-state index is 12.5. The Morgan fingerprint density at radius 1 is 1.48 bits per heavy atom. The van der Waals surface area contributed by atoms with Crippen LogP contribution in [-0.4, -0.2) is 35.6 Å². The number of benzene rings is 1. The number of carbonyl (C=O) groups is 1. The summed E-state index contributed by atoms with van der Waals surface area (Å²) in [6.07, 6.45) is 4.98. The molecule has 3 heteroatoms. The van der Waals surface area contributed by atoms with Crippen molar-refractivity contribution in [2.75, 3.05) is 19.7 Å². The molecule has 1 fully saturated rings. The van der Waals surface area contributed by atoms with E-state index in [9.17, 15) is 9.90 Å². The highest BCUT2D eigenvalue weighted by molar-refractivity contribution is 5.79. The van der Waals surface area contributed by atoms with Gasteiger partial charge in [-0.25, -0.2) is 0 Å². The summed E-state index contributed by atoms with van der Waals surface area (Å²) in [5, 5.41) is 9.72. The molecule has 3 nitrogen and oxygen atoms in total. The minimum Gasteiger partial charge on any atom is -0.396 e. The molecule has 1 saturated heterocycles. The first-order valence-corrected chi connectivity index (χ1v) is 7.64. The Hall–Kier alpha value is -1.61. The number of carbonyl (C=O) groups excluding carboxylic acids is 1. The number of aliphatic hydroxyl groups excluding tert-OH is 1. The van der Waals surface area contributed by atoms with Gasteiger partial charge in [0.15, 0.2) is 0 Å². The van der Waals surface area contributed by atoms with Gasteiger partial charge in [0.2, 0.25) is 5.91 Å². The van der Waals surface area contributed by atoms with E-state index in [2.05, 4.69) is 6.58 Å². The summed E-state index contributed by atoms with van der Waals surface area (Å²) in [6, 6.07) is 8.02. The molecule has 0 radical (unpaired) electrons. The third-order valence-electron chi connectivity index (χ3n) is 4.53. The molecule has 0 aromatic heterocycles. The molecule has 1 aromatic rings. The second-order valence-corrected chi connectivity index (χ2v) is 6.17. The molecule has 1 unspecified atom stereocenters. The fourth-order valence-corrected chi connectivity index (χ4v) is 3.17. The van der Waals surface area contributed by atoms with E-state index < -0.39 is 0 Å². The Kier molecular flexibility index (Phi) is 5.18. The predicted molar refractivity (Wildman–Crippen MR) is 85.0 cm³/mol. The molecule has 1 amide bonds. The Morgan fingerprint density at radius 2 is 2.24 bits per heavy atom. The van der Waals surface area contributed by atoms with Crippen molar-refractivity contribution in [2.45, 2.75) is 32.6 Å². The molecule has 21 heavy (non-hydrogen) atoms. The number of piperidine rings is 1. The van der Waals surface area contributed by atoms with Crippen molar-refractivity contribution < 1.29 is 9.90 Å². The summed E-state index contributed by atoms with van der Waals surface area (Å²) < 4.78 is 0. The zero-order chi connectivity index (χ0) is 15.3. The number of aryl methyl sites for hydroxylation is 1. The summed E-state index contributed by atoms with van der Waals surface area (Å²) in [6.45, 7) is 7.37. The van der Waals surface area contributed by atoms with Crippen molar-refractivity contribution in [1.29, 1.82) is 0 Å². The van der Waals surface area contributed by atoms with Gasteiger partial charge in [0.1, 0.15) is 0 Å². The molecular formula is C18H25NO2. The van der Waals surface area contributed by atoms with E-state index in [0.717, 1.165) is 36.9 Å². The number of nitrogens with zero attached hydrogens (tertiary/aromatic N) is 1. The largest absolute Gasteiger partial charge is 0.396 e. The van der Waals surface area contributed by atoms with Gasteiger partial charge in [-0.15, -0.1) is 6.58 Å². The van der Waals surface area contributed by atoms with Crippen LogP contribution in [0.2, 0.25) is 0 Å². The molecule has 1 aliphatic rings. The van der Waals surface area contributed by atoms with Crippen LogP contribution >= 0.6 is 0 Å². The minimum absolute atomic E-state index is 0.118. The number of hydrogen-bond acceptors (Lipinski definition) is 2. The number of hydrogen-bond donors (Lipinski definition) is 1. The van der Waals surface area contributed by atoms with Crippen molar-refractivity contribution in [3.8, 4) is 0 Å². The molecule has 1 heterocycles. The average molecular weight is 287 g/mol. The molecular weight excluding hydrogens is 262 g/mol. The first-order chi connectivity index (χ1) is 10.1. The highest BCUT2D eigenvalue weighted by Crippen LogP contribution is 2.33. The lowest BCUT2D eigenvalue weighted by molar-refractivity contribution is -0.134. The molecule has 0 spiro atoms. The summed E-state index contributed by atoms with van der Waals surface area (Å²) >= 11 is 0. The summed E-state index contributed by atoms with van der Waals surface area (Å²) in [5.41, 5.74) is 2.05. The maximum absolute atomic E-state index is 12.5. The normalized spacial score (nSPS) is 22.1. The van der Waals surface area contributed by atoms with Gasteiger partial charge < -0.3 is 10.0 Å². The summed E-state index contributed by atoms with van der Waals surface area (Å²) in [5.74, 6) is 0.158. The summed E-state index contributed by atoms with van der Waals surface area (Å²) in [7, 11) is 0. The van der Waals surface area contributed by atoms with Crippen LogP contribution in [0.4, 0.5) is 0 Å². The first kappa shape index (κ1) is 15.8. The van der Waals surface area contributed by atoms with Crippen molar-refractivity contribution in [1.82, 2.24) is 4.90 Å². The van der Waals surface area contributed by atoms with Crippen molar-refractivity contribution in [3.05, 3.63) is 48.0 Å². The van der Waals surface area contributed by atoms with E-state index >= 15 is 0 Å². The Morgan fingerprint density at radius 3 is 2.90 bits per heavy atom. The van der Waals surface area contributed by atoms with E-state index in [1.165, 1.54) is 0 Å². The minimum atomic E-state index is -0.193. The van der Waals surface area contributed by atoms with E-state index in [0.29, 0.717) is 13.0 Å². The van der Waals surface area contributed by atoms with Crippen LogP contribution in [0.5, 0.6) is 0 Å². The lowest BCUT2D eigenvalue weighted by Gasteiger charge is -2.41. The van der Waals surface area contributed by atoms with E-state index in [-0.39, 0.29) is 17.9 Å². The van der Waals surface area contributed by atoms with Gasteiger partial charge in [-0.3, -0.25) is 4.79 Å². The van der Waals surface area contributed by atoms with Crippen LogP contribution in [0.3, 0.4) is 0 Å². The molecule has 1 N–H and O–H groups in total. The van der Waals surface area contributed by atoms with Crippen LogP contribution in [0.1, 0.15) is 30.4 Å². The van der Waals surface area contributed by atoms with Crippen molar-refractivity contribution in [3.63, 3.8) is 0 Å². The molecule has 1 aliphatic heterocycles. The van der Waals surface area contributed by atoms with Crippen LogP contribution in [0.15, 0.2) is 36.9 Å². The third kappa shape index (κ3) is 3.73. The lowest BCUT2D eigenvalue weighted by atomic mass is 9.77. The fraction of sp³-hybridized carbons (Fsp3) is 0.500. The Bertz CT molecular complexity index is 512. The number of aliphatic hydroxyl groups is 1. The predicted octanol–water partition coefficient (Wildman–Crippen LogP) is 2.71. The van der Waals surface area contributed by atoms with Gasteiger partial charge in [-0.05, 0) is 37.3 Å². The Balaban J connectivity index is 2.05. The van der Waals surface area contributed by atoms with E-state index in [1.54, 1.807) is 0 Å². The van der Waals surface area contributed by atoms with Gasteiger partial charge in [0, 0.05) is 18.5 Å². The van der Waals surface area contributed by atoms with E-state index in [1.807, 2.05) is 42.2 Å². The van der Waals surface area contributed by atoms with E-state index in [4.69, 9.17) is 0 Å². The third-order valence-corrected chi connectivity index (χ3v) is 4.53. The highest BCUT2D eigenvalue weighted by atomic mass is 16.3. The van der Waals surface area contributed by atoms with Crippen molar-refractivity contribution in [2.24, 2.45) is 5.41 Å². The topological polar surface area (TPSA) is 40.5 Å². The van der Waals surface area contributed by atoms with Crippen molar-refractivity contribution >= 4 is 5.91 Å². The van der Waals surface area contributed by atoms with Gasteiger partial charge in [0.25, 0.3) is 0 Å². The smallest absolute Gasteiger partial charge is 0.227 e. The number of rotatable bonds is 5. The molecule has 0 bridgehead atoms. The van der Waals surface area contributed by atoms with Gasteiger partial charge in [-0.2, -0.15) is 0 Å². The number of amides is 1. The van der Waals surface area contributed by atoms with Gasteiger partial charge in [-0.1, -0.05) is 30.3 Å². The zero-order valence-electron chi connectivity index (χ0n) is 12.8. The molecule has 2 rings (SSSR count). The Labute approximate surface area is 127 Å². The first-order valence-electron chi connectivity index (χ1n) is 7.64. The van der Waals surface area contributed by atoms with Gasteiger partial charge in [0.05, 0.1) is 13.0 Å². The highest BCUT2D eigenvalue weighted by Gasteiger charge is 2.35. The second-order valence-electron chi connectivity index (χ2n) is 6.17. The van der Waals surface area contributed by atoms with Crippen LogP contribution < -0.4 is 0 Å². The maximum Gasteiger partial charge on any atom is 0.227 e. The second kappa shape index (κ2) is 6.90. The summed E-state index contributed by atoms with van der Waals surface area (Å²) in [4.78, 5) is 14.5. The molecule has 1 aromatic carbocycles. The molecule has 0 aliphatic carbocycles. The molecule has 0 saturated carbocycles. The lowest BCUT2D eigenvalue weighted by Crippen LogP contribution is -2.48. The quantitative estimate of drug-likeness (QED) is 0.846. The fourth-order valence-electron chi connectivity index (χ4n) is 3.17. The zero-order valence-corrected chi connectivity index (χ0v) is 12.8. The molecule has 1 atom stereocenters. The standard InChI is InChI=1S/C18H25NO2/c1-3-9-18(14-20)10-6-11-19(13-18)17(21)12-16-8-5-4-7-15(16)2/h3-5,7-8,20H,1,6,9-14H2,2H3. The van der Waals surface area contributed by atoms with Gasteiger partial charge >= 0.3 is 0 Å². The molecule has 114 valence electrons. The van der Waals surface area contributed by atoms with Crippen LogP contribution in [-0.2, 0) is 11.2 Å². The monoisotopic (exact) mass is 287 g/mol. The average Bonchev–Trinajstić information content (AvgIpc) is 2.50. The number of likely N-dealkylation sites (tertiary alicyclic amines) is 1. The number of allylic oxidation sites excluding steroid dienone is 1.